The average Bonchev–Trinajstić information content (AvgIpc) is 3.26. The summed E-state index contributed by atoms with van der Waals surface area (Å²) in [4.78, 5) is 40.3. The van der Waals surface area contributed by atoms with E-state index in [2.05, 4.69) is 4.84 Å². The van der Waals surface area contributed by atoms with Gasteiger partial charge in [0.1, 0.15) is 0 Å². The number of halogens is 1. The highest BCUT2D eigenvalue weighted by Crippen LogP contribution is 2.29. The second-order valence-electron chi connectivity index (χ2n) is 9.64. The number of fused-ring (bicyclic) bond motifs is 1. The molecule has 3 rings (SSSR count). The van der Waals surface area contributed by atoms with E-state index < -0.39 is 32.1 Å². The Morgan fingerprint density at radius 3 is 2.62 bits per heavy atom. The Morgan fingerprint density at radius 2 is 2.00 bits per heavy atom. The molecule has 0 bridgehead atoms. The van der Waals surface area contributed by atoms with E-state index in [1.54, 1.807) is 26.8 Å². The first-order valence-corrected chi connectivity index (χ1v) is 13.1. The van der Waals surface area contributed by atoms with Gasteiger partial charge < -0.3 is 15.3 Å². The lowest BCUT2D eigenvalue weighted by Gasteiger charge is -2.23. The number of esters is 1. The summed E-state index contributed by atoms with van der Waals surface area (Å²) in [5.41, 5.74) is 5.09. The number of rotatable bonds is 11. The zero-order valence-electron chi connectivity index (χ0n) is 21.0. The van der Waals surface area contributed by atoms with E-state index >= 15 is 0 Å². The van der Waals surface area contributed by atoms with Gasteiger partial charge in [0.2, 0.25) is 10.0 Å². The molecule has 2 aromatic rings. The molecule has 37 heavy (non-hydrogen) atoms. The summed E-state index contributed by atoms with van der Waals surface area (Å²) < 4.78 is 34.5. The number of aryl methyl sites for hydroxylation is 1. The lowest BCUT2D eigenvalue weighted by atomic mass is 9.87. The fourth-order valence-electron chi connectivity index (χ4n) is 4.28. The van der Waals surface area contributed by atoms with Crippen LogP contribution in [0.5, 0.6) is 0 Å². The quantitative estimate of drug-likeness (QED) is 0.188. The maximum atomic E-state index is 13.3. The van der Waals surface area contributed by atoms with Gasteiger partial charge in [-0.2, -0.15) is 4.31 Å². The summed E-state index contributed by atoms with van der Waals surface area (Å²) in [5, 5.41) is 9.89. The maximum Gasteiger partial charge on any atom is 0.313 e. The van der Waals surface area contributed by atoms with Crippen molar-refractivity contribution in [2.45, 2.75) is 64.1 Å². The highest BCUT2D eigenvalue weighted by Gasteiger charge is 2.33. The minimum atomic E-state index is -3.84. The third-order valence-corrected chi connectivity index (χ3v) is 8.25. The lowest BCUT2D eigenvalue weighted by molar-refractivity contribution is -0.757. The van der Waals surface area contributed by atoms with Gasteiger partial charge in [0.05, 0.1) is 16.9 Å². The third-order valence-electron chi connectivity index (χ3n) is 6.35. The largest absolute Gasteiger partial charge is 0.443 e. The Kier molecular flexibility index (Phi) is 10.1. The fourth-order valence-corrected chi connectivity index (χ4v) is 6.07. The van der Waals surface area contributed by atoms with Crippen LogP contribution in [0.1, 0.15) is 45.1 Å². The molecule has 0 amide bonds. The molecule has 1 aliphatic rings. The number of nitrogens with two attached hydrogens (primary N) is 1. The number of sulfonamides is 1. The third kappa shape index (κ3) is 6.98. The molecule has 206 valence electrons. The van der Waals surface area contributed by atoms with Crippen molar-refractivity contribution in [2.24, 2.45) is 11.1 Å². The van der Waals surface area contributed by atoms with Crippen LogP contribution < -0.4 is 11.3 Å². The number of carbonyl (C=O) groups excluding carboxylic acids is 1. The van der Waals surface area contributed by atoms with E-state index in [4.69, 9.17) is 10.5 Å². The highest BCUT2D eigenvalue weighted by molar-refractivity contribution is 7.89. The first kappa shape index (κ1) is 30.5. The molecule has 0 spiro atoms. The normalized spacial score (nSPS) is 16.4. The lowest BCUT2D eigenvalue weighted by Crippen LogP contribution is -2.32. The van der Waals surface area contributed by atoms with Gasteiger partial charge in [-0.05, 0) is 57.7 Å². The van der Waals surface area contributed by atoms with Gasteiger partial charge in [0.25, 0.3) is 10.6 Å². The van der Waals surface area contributed by atoms with Gasteiger partial charge >= 0.3 is 5.97 Å². The number of benzene rings is 1. The van der Waals surface area contributed by atoms with Crippen LogP contribution in [0.15, 0.2) is 34.1 Å². The molecule has 1 saturated heterocycles. The SMILES string of the molecule is Cc1cn(COC(=O)C(C)(C)CCCCO[N+](=O)[O-])c(=O)c2cccc(S(=O)(=O)N3CC[C@H](N)C3)c12.Cl. The predicted molar refractivity (Wildman–Crippen MR) is 138 cm³/mol. The molecule has 1 aliphatic heterocycles. The average molecular weight is 561 g/mol. The van der Waals surface area contributed by atoms with Gasteiger partial charge in [-0.1, -0.05) is 12.5 Å². The second kappa shape index (κ2) is 12.2. The number of unbranched alkanes of at least 4 members (excludes halogenated alkanes) is 1. The Hall–Kier alpha value is -2.74. The standard InChI is InChI=1S/C23H32N4O8S.ClH/c1-16-13-25(15-34-22(29)23(2,3)10-4-5-12-35-27(30)31)21(28)18-7-6-8-19(20(16)18)36(32,33)26-11-9-17(24)14-26;/h6-8,13,17H,4-5,9-12,14-15,24H2,1-3H3;1H/t17-;/m0./s1. The number of pyridine rings is 1. The number of hydrogen-bond donors (Lipinski definition) is 1. The second-order valence-corrected chi connectivity index (χ2v) is 11.5. The van der Waals surface area contributed by atoms with Crippen molar-refractivity contribution in [1.82, 2.24) is 8.87 Å². The van der Waals surface area contributed by atoms with E-state index in [9.17, 15) is 28.1 Å². The van der Waals surface area contributed by atoms with Crippen LogP contribution in [0.2, 0.25) is 0 Å². The molecule has 0 unspecified atom stereocenters. The molecule has 2 heterocycles. The monoisotopic (exact) mass is 560 g/mol. The summed E-state index contributed by atoms with van der Waals surface area (Å²) in [6.45, 7) is 5.25. The number of aromatic nitrogens is 1. The molecule has 2 N–H and O–H groups in total. The van der Waals surface area contributed by atoms with Crippen LogP contribution in [0.4, 0.5) is 0 Å². The Morgan fingerprint density at radius 1 is 1.30 bits per heavy atom. The summed E-state index contributed by atoms with van der Waals surface area (Å²) in [7, 11) is -3.84. The van der Waals surface area contributed by atoms with E-state index in [0.717, 1.165) is 0 Å². The topological polar surface area (TPSA) is 164 Å². The fraction of sp³-hybridized carbons (Fsp3) is 0.565. The maximum absolute atomic E-state index is 13.3. The van der Waals surface area contributed by atoms with Crippen LogP contribution in [0.25, 0.3) is 10.8 Å². The summed E-state index contributed by atoms with van der Waals surface area (Å²) >= 11 is 0. The minimum Gasteiger partial charge on any atom is -0.443 e. The predicted octanol–water partition coefficient (Wildman–Crippen LogP) is 2.36. The first-order chi connectivity index (χ1) is 16.8. The molecular formula is C23H33ClN4O8S. The number of ether oxygens (including phenoxy) is 1. The molecule has 12 nitrogen and oxygen atoms in total. The van der Waals surface area contributed by atoms with Crippen LogP contribution >= 0.6 is 12.4 Å². The first-order valence-electron chi connectivity index (χ1n) is 11.7. The Labute approximate surface area is 221 Å². The summed E-state index contributed by atoms with van der Waals surface area (Å²) in [5.74, 6) is -0.524. The Balaban J connectivity index is 0.00000481. The van der Waals surface area contributed by atoms with Crippen molar-refractivity contribution in [3.63, 3.8) is 0 Å². The van der Waals surface area contributed by atoms with Crippen LogP contribution in [-0.2, 0) is 31.1 Å². The van der Waals surface area contributed by atoms with E-state index in [1.165, 1.54) is 27.2 Å². The number of carbonyl (C=O) groups is 1. The highest BCUT2D eigenvalue weighted by atomic mass is 35.5. The number of nitrogens with zero attached hydrogens (tertiary/aromatic N) is 3. The molecule has 0 aliphatic carbocycles. The minimum absolute atomic E-state index is 0. The van der Waals surface area contributed by atoms with E-state index in [0.29, 0.717) is 43.2 Å². The van der Waals surface area contributed by atoms with Crippen molar-refractivity contribution in [2.75, 3.05) is 19.7 Å². The van der Waals surface area contributed by atoms with Crippen LogP contribution in [0.3, 0.4) is 0 Å². The van der Waals surface area contributed by atoms with Crippen molar-refractivity contribution in [3.8, 4) is 0 Å². The number of hydrogen-bond acceptors (Lipinski definition) is 9. The molecule has 1 fully saturated rings. The van der Waals surface area contributed by atoms with Gasteiger partial charge in [-0.25, -0.2) is 8.42 Å². The molecule has 1 aromatic carbocycles. The van der Waals surface area contributed by atoms with Crippen LogP contribution in [-0.4, -0.2) is 54.1 Å². The van der Waals surface area contributed by atoms with Crippen molar-refractivity contribution < 1.29 is 27.9 Å². The molecule has 14 heteroatoms. The Bertz CT molecular complexity index is 1310. The summed E-state index contributed by atoms with van der Waals surface area (Å²) in [6, 6.07) is 4.33. The van der Waals surface area contributed by atoms with E-state index in [-0.39, 0.29) is 48.6 Å². The van der Waals surface area contributed by atoms with Crippen molar-refractivity contribution in [3.05, 3.63) is 50.4 Å². The molecule has 1 aromatic heterocycles. The van der Waals surface area contributed by atoms with Crippen LogP contribution in [0, 0.1) is 22.5 Å². The van der Waals surface area contributed by atoms with Gasteiger partial charge in [-0.3, -0.25) is 14.2 Å². The molecular weight excluding hydrogens is 528 g/mol. The van der Waals surface area contributed by atoms with Crippen molar-refractivity contribution >= 4 is 39.2 Å². The van der Waals surface area contributed by atoms with Gasteiger partial charge in [0.15, 0.2) is 6.73 Å². The van der Waals surface area contributed by atoms with Gasteiger partial charge in [0, 0.05) is 36.1 Å². The zero-order chi connectivity index (χ0) is 26.7. The van der Waals surface area contributed by atoms with E-state index in [1.807, 2.05) is 0 Å². The van der Waals surface area contributed by atoms with Crippen molar-refractivity contribution in [1.29, 1.82) is 0 Å². The molecule has 0 saturated carbocycles. The smallest absolute Gasteiger partial charge is 0.313 e. The summed E-state index contributed by atoms with van der Waals surface area (Å²) in [6.07, 6.45) is 3.40. The zero-order valence-corrected chi connectivity index (χ0v) is 22.7. The van der Waals surface area contributed by atoms with Gasteiger partial charge in [-0.15, -0.1) is 22.5 Å². The molecule has 0 radical (unpaired) electrons. The molecule has 1 atom stereocenters.